The zero-order chi connectivity index (χ0) is 29.2. The van der Waals surface area contributed by atoms with Gasteiger partial charge in [-0.2, -0.15) is 21.6 Å². The largest absolute Gasteiger partial charge is 0.416 e. The van der Waals surface area contributed by atoms with E-state index in [0.29, 0.717) is 30.3 Å². The van der Waals surface area contributed by atoms with Gasteiger partial charge in [0.1, 0.15) is 10.6 Å². The molecule has 3 aromatic rings. The summed E-state index contributed by atoms with van der Waals surface area (Å²) in [6, 6.07) is 17.0. The van der Waals surface area contributed by atoms with Crippen LogP contribution in [0.25, 0.3) is 0 Å². The van der Waals surface area contributed by atoms with Crippen LogP contribution in [0.1, 0.15) is 59.7 Å². The molecule has 40 heavy (non-hydrogen) atoms. The van der Waals surface area contributed by atoms with Crippen LogP contribution in [0, 0.1) is 0 Å². The highest BCUT2D eigenvalue weighted by Crippen LogP contribution is 2.31. The van der Waals surface area contributed by atoms with Gasteiger partial charge in [0, 0.05) is 25.8 Å². The number of nitrogens with zero attached hydrogens (tertiary/aromatic N) is 1. The lowest BCUT2D eigenvalue weighted by molar-refractivity contribution is -0.137. The van der Waals surface area contributed by atoms with Crippen LogP contribution >= 0.6 is 0 Å². The zero-order valence-electron chi connectivity index (χ0n) is 22.6. The second kappa shape index (κ2) is 14.3. The van der Waals surface area contributed by atoms with Gasteiger partial charge in [-0.1, -0.05) is 56.5 Å². The Balaban J connectivity index is 1.74. The van der Waals surface area contributed by atoms with E-state index in [1.54, 1.807) is 29.2 Å². The second-order valence-electron chi connectivity index (χ2n) is 9.44. The summed E-state index contributed by atoms with van der Waals surface area (Å²) in [5.41, 5.74) is 1.17. The van der Waals surface area contributed by atoms with Gasteiger partial charge in [0.25, 0.3) is 5.91 Å². The molecule has 0 heterocycles. The Morgan fingerprint density at radius 2 is 1.62 bits per heavy atom. The van der Waals surface area contributed by atoms with E-state index in [2.05, 4.69) is 6.92 Å². The van der Waals surface area contributed by atoms with Crippen LogP contribution in [0.4, 0.5) is 13.2 Å². The van der Waals surface area contributed by atoms with Gasteiger partial charge < -0.3 is 13.8 Å². The SMILES string of the molecule is CCCCCCc1ccc(C(=O)N(CCOC)Cc2cccc(OS(=O)(=O)c3cccc(C(F)(F)F)c3)c2)cc1. The summed E-state index contributed by atoms with van der Waals surface area (Å²) in [6.07, 6.45) is 0.908. The number of methoxy groups -OCH3 is 1. The third-order valence-corrected chi connectivity index (χ3v) is 7.54. The average molecular weight is 578 g/mol. The number of carbonyl (C=O) groups is 1. The summed E-state index contributed by atoms with van der Waals surface area (Å²) in [4.78, 5) is 14.3. The Morgan fingerprint density at radius 1 is 0.900 bits per heavy atom. The molecule has 6 nitrogen and oxygen atoms in total. The van der Waals surface area contributed by atoms with Crippen molar-refractivity contribution in [2.45, 2.75) is 56.6 Å². The van der Waals surface area contributed by atoms with Crippen LogP contribution in [0.2, 0.25) is 0 Å². The maximum absolute atomic E-state index is 13.3. The van der Waals surface area contributed by atoms with Crippen LogP contribution in [-0.4, -0.2) is 39.5 Å². The molecule has 3 aromatic carbocycles. The Morgan fingerprint density at radius 3 is 2.30 bits per heavy atom. The van der Waals surface area contributed by atoms with E-state index in [9.17, 15) is 26.4 Å². The predicted octanol–water partition coefficient (Wildman–Crippen LogP) is 6.88. The fourth-order valence-electron chi connectivity index (χ4n) is 4.13. The lowest BCUT2D eigenvalue weighted by Gasteiger charge is -2.23. The molecule has 0 aromatic heterocycles. The van der Waals surface area contributed by atoms with Gasteiger partial charge in [-0.15, -0.1) is 0 Å². The van der Waals surface area contributed by atoms with E-state index >= 15 is 0 Å². The number of carbonyl (C=O) groups excluding carboxylic acids is 1. The molecule has 0 aliphatic heterocycles. The number of hydrogen-bond donors (Lipinski definition) is 0. The number of hydrogen-bond acceptors (Lipinski definition) is 5. The van der Waals surface area contributed by atoms with Crippen molar-refractivity contribution in [2.24, 2.45) is 0 Å². The Hall–Kier alpha value is -3.37. The number of rotatable bonds is 14. The highest BCUT2D eigenvalue weighted by atomic mass is 32.2. The normalized spacial score (nSPS) is 11.8. The summed E-state index contributed by atoms with van der Waals surface area (Å²) in [5, 5.41) is 0. The van der Waals surface area contributed by atoms with Crippen molar-refractivity contribution >= 4 is 16.0 Å². The molecule has 0 atom stereocenters. The third kappa shape index (κ3) is 9.09. The van der Waals surface area contributed by atoms with Crippen LogP contribution in [0.15, 0.2) is 77.7 Å². The van der Waals surface area contributed by atoms with Gasteiger partial charge in [-0.05, 0) is 66.4 Å². The summed E-state index contributed by atoms with van der Waals surface area (Å²) in [5.74, 6) is -0.293. The van der Waals surface area contributed by atoms with E-state index in [0.717, 1.165) is 31.0 Å². The lowest BCUT2D eigenvalue weighted by atomic mass is 10.0. The van der Waals surface area contributed by atoms with Crippen LogP contribution in [0.5, 0.6) is 5.75 Å². The lowest BCUT2D eigenvalue weighted by Crippen LogP contribution is -2.33. The summed E-state index contributed by atoms with van der Waals surface area (Å²) in [7, 11) is -3.00. The maximum atomic E-state index is 13.3. The first-order valence-electron chi connectivity index (χ1n) is 13.1. The molecule has 216 valence electrons. The fraction of sp³-hybridized carbons (Fsp3) is 0.367. The summed E-state index contributed by atoms with van der Waals surface area (Å²) < 4.78 is 74.9. The minimum atomic E-state index is -4.70. The molecule has 0 aliphatic rings. The number of halogens is 3. The van der Waals surface area contributed by atoms with Crippen LogP contribution in [0.3, 0.4) is 0 Å². The van der Waals surface area contributed by atoms with Crippen molar-refractivity contribution in [1.29, 1.82) is 0 Å². The molecular weight excluding hydrogens is 543 g/mol. The van der Waals surface area contributed by atoms with Crippen molar-refractivity contribution in [3.8, 4) is 5.75 Å². The minimum absolute atomic E-state index is 0.0820. The molecule has 0 radical (unpaired) electrons. The smallest absolute Gasteiger partial charge is 0.383 e. The molecule has 1 amide bonds. The zero-order valence-corrected chi connectivity index (χ0v) is 23.4. The first-order chi connectivity index (χ1) is 19.0. The van der Waals surface area contributed by atoms with Crippen molar-refractivity contribution in [1.82, 2.24) is 4.90 Å². The van der Waals surface area contributed by atoms with Crippen molar-refractivity contribution in [3.63, 3.8) is 0 Å². The van der Waals surface area contributed by atoms with E-state index in [1.165, 1.54) is 44.1 Å². The highest BCUT2D eigenvalue weighted by Gasteiger charge is 2.32. The number of unbranched alkanes of at least 4 members (excludes halogenated alkanes) is 3. The maximum Gasteiger partial charge on any atom is 0.416 e. The minimum Gasteiger partial charge on any atom is -0.383 e. The van der Waals surface area contributed by atoms with Gasteiger partial charge in [0.2, 0.25) is 0 Å². The monoisotopic (exact) mass is 577 g/mol. The topological polar surface area (TPSA) is 72.9 Å². The predicted molar refractivity (Wildman–Crippen MR) is 147 cm³/mol. The number of alkyl halides is 3. The molecule has 10 heteroatoms. The molecular formula is C30H34F3NO5S. The Labute approximate surface area is 233 Å². The van der Waals surface area contributed by atoms with Gasteiger partial charge in [0.15, 0.2) is 0 Å². The molecule has 0 saturated carbocycles. The number of amides is 1. The first kappa shape index (κ1) is 31.2. The van der Waals surface area contributed by atoms with Gasteiger partial charge in [-0.25, -0.2) is 0 Å². The molecule has 0 bridgehead atoms. The van der Waals surface area contributed by atoms with Crippen molar-refractivity contribution in [2.75, 3.05) is 20.3 Å². The van der Waals surface area contributed by atoms with Crippen LogP contribution in [-0.2, 0) is 34.0 Å². The molecule has 3 rings (SSSR count). The van der Waals surface area contributed by atoms with Gasteiger partial charge in [-0.3, -0.25) is 4.79 Å². The van der Waals surface area contributed by atoms with E-state index < -0.39 is 26.8 Å². The van der Waals surface area contributed by atoms with Crippen LogP contribution < -0.4 is 4.18 Å². The standard InChI is InChI=1S/C30H34F3NO5S/c1-3-4-5-6-9-23-14-16-25(17-15-23)29(35)34(18-19-38-2)22-24-10-7-12-27(20-24)39-40(36,37)28-13-8-11-26(21-28)30(31,32)33/h7-8,10-17,20-21H,3-6,9,18-19,22H2,1-2H3. The Kier molecular flexibility index (Phi) is 11.2. The molecule has 0 spiro atoms. The highest BCUT2D eigenvalue weighted by molar-refractivity contribution is 7.87. The second-order valence-corrected chi connectivity index (χ2v) is 11.0. The van der Waals surface area contributed by atoms with Gasteiger partial charge in [0.05, 0.1) is 12.2 Å². The molecule has 0 saturated heterocycles. The van der Waals surface area contributed by atoms with Gasteiger partial charge >= 0.3 is 16.3 Å². The van der Waals surface area contributed by atoms with E-state index in [-0.39, 0.29) is 18.2 Å². The fourth-order valence-corrected chi connectivity index (χ4v) is 5.09. The number of aryl methyl sites for hydroxylation is 1. The quantitative estimate of drug-likeness (QED) is 0.154. The average Bonchev–Trinajstić information content (AvgIpc) is 2.93. The molecule has 0 unspecified atom stereocenters. The number of benzene rings is 3. The first-order valence-corrected chi connectivity index (χ1v) is 14.5. The number of ether oxygens (including phenoxy) is 1. The Bertz CT molecular complexity index is 1360. The molecule has 0 fully saturated rings. The summed E-state index contributed by atoms with van der Waals surface area (Å²) >= 11 is 0. The molecule has 0 N–H and O–H groups in total. The van der Waals surface area contributed by atoms with E-state index in [1.807, 2.05) is 12.1 Å². The van der Waals surface area contributed by atoms with Crippen molar-refractivity contribution < 1.29 is 35.3 Å². The summed E-state index contributed by atoms with van der Waals surface area (Å²) in [6.45, 7) is 2.90. The molecule has 0 aliphatic carbocycles. The van der Waals surface area contributed by atoms with E-state index in [4.69, 9.17) is 8.92 Å². The van der Waals surface area contributed by atoms with Crippen molar-refractivity contribution in [3.05, 3.63) is 95.1 Å². The third-order valence-electron chi connectivity index (χ3n) is 6.30.